The van der Waals surface area contributed by atoms with Gasteiger partial charge in [0.05, 0.1) is 18.9 Å². The monoisotopic (exact) mass is 436 g/mol. The van der Waals surface area contributed by atoms with E-state index in [2.05, 4.69) is 46.9 Å². The number of hydrogen-bond acceptors (Lipinski definition) is 8. The van der Waals surface area contributed by atoms with Crippen LogP contribution in [0.1, 0.15) is 39.3 Å². The minimum Gasteiger partial charge on any atom is -0.378 e. The highest BCUT2D eigenvalue weighted by molar-refractivity contribution is 5.69. The summed E-state index contributed by atoms with van der Waals surface area (Å²) in [6.07, 6.45) is 7.68. The first-order valence-electron chi connectivity index (χ1n) is 11.5. The molecule has 32 heavy (non-hydrogen) atoms. The first-order chi connectivity index (χ1) is 15.5. The molecule has 0 aliphatic carbocycles. The number of ether oxygens (including phenoxy) is 1. The molecule has 5 heterocycles. The quantitative estimate of drug-likeness (QED) is 0.668. The van der Waals surface area contributed by atoms with E-state index < -0.39 is 0 Å². The Labute approximate surface area is 188 Å². The zero-order valence-corrected chi connectivity index (χ0v) is 19.2. The first kappa shape index (κ1) is 20.9. The van der Waals surface area contributed by atoms with E-state index in [0.29, 0.717) is 6.04 Å². The molecule has 2 saturated heterocycles. The molecule has 0 spiro atoms. The number of nitrogens with one attached hydrogen (secondary N) is 1. The summed E-state index contributed by atoms with van der Waals surface area (Å²) >= 11 is 0. The van der Waals surface area contributed by atoms with Crippen molar-refractivity contribution in [3.05, 3.63) is 36.4 Å². The van der Waals surface area contributed by atoms with E-state index in [4.69, 9.17) is 19.8 Å². The summed E-state index contributed by atoms with van der Waals surface area (Å²) in [6.45, 7) is 11.6. The second kappa shape index (κ2) is 8.54. The van der Waals surface area contributed by atoms with Gasteiger partial charge in [-0.25, -0.2) is 14.5 Å². The lowest BCUT2D eigenvalue weighted by atomic mass is 9.92. The molecular formula is C23H32N8O. The second-order valence-corrected chi connectivity index (χ2v) is 9.61. The van der Waals surface area contributed by atoms with E-state index in [1.807, 2.05) is 29.2 Å². The average Bonchev–Trinajstić information content (AvgIpc) is 3.26. The Morgan fingerprint density at radius 3 is 2.53 bits per heavy atom. The number of piperidine rings is 1. The van der Waals surface area contributed by atoms with Crippen molar-refractivity contribution in [2.75, 3.05) is 54.5 Å². The van der Waals surface area contributed by atoms with Crippen LogP contribution in [-0.2, 0) is 10.2 Å². The third kappa shape index (κ3) is 4.34. The first-order valence-corrected chi connectivity index (χ1v) is 11.5. The molecular weight excluding hydrogens is 404 g/mol. The lowest BCUT2D eigenvalue weighted by Crippen LogP contribution is -2.40. The van der Waals surface area contributed by atoms with E-state index in [1.165, 1.54) is 0 Å². The fraction of sp³-hybridized carbons (Fsp3) is 0.565. The van der Waals surface area contributed by atoms with Crippen LogP contribution in [0, 0.1) is 0 Å². The third-order valence-electron chi connectivity index (χ3n) is 6.22. The zero-order chi connectivity index (χ0) is 22.1. The Morgan fingerprint density at radius 2 is 1.78 bits per heavy atom. The topological polar surface area (TPSA) is 83.7 Å². The molecule has 0 bridgehead atoms. The van der Waals surface area contributed by atoms with Gasteiger partial charge in [0.25, 0.3) is 0 Å². The Hall–Kier alpha value is -2.94. The zero-order valence-electron chi connectivity index (χ0n) is 19.2. The van der Waals surface area contributed by atoms with Gasteiger partial charge in [-0.3, -0.25) is 0 Å². The third-order valence-corrected chi connectivity index (χ3v) is 6.22. The number of anilines is 3. The predicted molar refractivity (Wildman–Crippen MR) is 126 cm³/mol. The maximum Gasteiger partial charge on any atom is 0.227 e. The molecule has 0 radical (unpaired) electrons. The highest BCUT2D eigenvalue weighted by atomic mass is 16.5. The largest absolute Gasteiger partial charge is 0.378 e. The van der Waals surface area contributed by atoms with Gasteiger partial charge in [-0.1, -0.05) is 20.8 Å². The number of rotatable bonds is 4. The molecule has 0 saturated carbocycles. The molecule has 3 aromatic heterocycles. The Balaban J connectivity index is 1.25. The maximum absolute atomic E-state index is 5.44. The van der Waals surface area contributed by atoms with Crippen molar-refractivity contribution in [1.82, 2.24) is 24.6 Å². The van der Waals surface area contributed by atoms with Crippen molar-refractivity contribution in [1.29, 1.82) is 0 Å². The number of fused-ring (bicyclic) bond motifs is 1. The summed E-state index contributed by atoms with van der Waals surface area (Å²) in [6, 6.07) is 4.52. The van der Waals surface area contributed by atoms with Crippen molar-refractivity contribution >= 4 is 23.1 Å². The number of nitrogens with zero attached hydrogens (tertiary/aromatic N) is 7. The maximum atomic E-state index is 5.44. The summed E-state index contributed by atoms with van der Waals surface area (Å²) < 4.78 is 7.40. The summed E-state index contributed by atoms with van der Waals surface area (Å²) in [5.74, 6) is 2.69. The van der Waals surface area contributed by atoms with E-state index >= 15 is 0 Å². The van der Waals surface area contributed by atoms with Crippen LogP contribution in [0.5, 0.6) is 0 Å². The van der Waals surface area contributed by atoms with Crippen LogP contribution < -0.4 is 15.1 Å². The molecule has 2 aliphatic rings. The van der Waals surface area contributed by atoms with Gasteiger partial charge in [0.2, 0.25) is 5.95 Å². The lowest BCUT2D eigenvalue weighted by molar-refractivity contribution is 0.122. The Morgan fingerprint density at radius 1 is 1.00 bits per heavy atom. The van der Waals surface area contributed by atoms with E-state index in [-0.39, 0.29) is 5.41 Å². The van der Waals surface area contributed by atoms with E-state index in [1.54, 1.807) is 0 Å². The van der Waals surface area contributed by atoms with Gasteiger partial charge in [-0.2, -0.15) is 10.1 Å². The molecule has 2 aliphatic heterocycles. The minimum absolute atomic E-state index is 0.0117. The van der Waals surface area contributed by atoms with Crippen molar-refractivity contribution in [3.8, 4) is 0 Å². The summed E-state index contributed by atoms with van der Waals surface area (Å²) in [5.41, 5.74) is 2.18. The van der Waals surface area contributed by atoms with Crippen molar-refractivity contribution < 1.29 is 4.74 Å². The molecule has 9 nitrogen and oxygen atoms in total. The van der Waals surface area contributed by atoms with Gasteiger partial charge in [0, 0.05) is 56.2 Å². The molecule has 9 heteroatoms. The predicted octanol–water partition coefficient (Wildman–Crippen LogP) is 2.73. The van der Waals surface area contributed by atoms with Crippen molar-refractivity contribution in [2.24, 2.45) is 0 Å². The van der Waals surface area contributed by atoms with Gasteiger partial charge in [-0.05, 0) is 25.0 Å². The fourth-order valence-electron chi connectivity index (χ4n) is 4.31. The highest BCUT2D eigenvalue weighted by Gasteiger charge is 2.25. The van der Waals surface area contributed by atoms with Crippen LogP contribution in [0.2, 0.25) is 0 Å². The van der Waals surface area contributed by atoms with Crippen LogP contribution in [0.4, 0.5) is 17.6 Å². The normalized spacial score (nSPS) is 18.3. The van der Waals surface area contributed by atoms with Crippen LogP contribution in [-0.4, -0.2) is 70.0 Å². The summed E-state index contributed by atoms with van der Waals surface area (Å²) in [5, 5.41) is 8.39. The molecule has 0 atom stereocenters. The Kier molecular flexibility index (Phi) is 5.58. The lowest BCUT2D eigenvalue weighted by Gasteiger charge is -2.33. The molecule has 0 amide bonds. The molecule has 5 rings (SSSR count). The molecule has 0 unspecified atom stereocenters. The number of aromatic nitrogens is 5. The van der Waals surface area contributed by atoms with Gasteiger partial charge in [0.15, 0.2) is 5.82 Å². The van der Waals surface area contributed by atoms with Crippen molar-refractivity contribution in [2.45, 2.75) is 45.1 Å². The summed E-state index contributed by atoms with van der Waals surface area (Å²) in [4.78, 5) is 18.5. The molecule has 0 aromatic carbocycles. The fourth-order valence-corrected chi connectivity index (χ4v) is 4.31. The minimum atomic E-state index is 0.0117. The van der Waals surface area contributed by atoms with E-state index in [0.717, 1.165) is 81.0 Å². The molecule has 1 N–H and O–H groups in total. The van der Waals surface area contributed by atoms with Crippen LogP contribution >= 0.6 is 0 Å². The molecule has 2 fully saturated rings. The average molecular weight is 437 g/mol. The van der Waals surface area contributed by atoms with Crippen LogP contribution in [0.25, 0.3) is 5.52 Å². The van der Waals surface area contributed by atoms with Crippen LogP contribution in [0.15, 0.2) is 30.7 Å². The van der Waals surface area contributed by atoms with E-state index in [9.17, 15) is 0 Å². The second-order valence-electron chi connectivity index (χ2n) is 9.61. The van der Waals surface area contributed by atoms with Gasteiger partial charge in [0.1, 0.15) is 11.3 Å². The van der Waals surface area contributed by atoms with Gasteiger partial charge in [-0.15, -0.1) is 0 Å². The standard InChI is InChI=1S/C23H32N8O/c1-23(2,3)19-16-18-21(24-8-11-31(18)28-19)29-9-5-17(6-10-29)26-20-4-7-25-22(27-20)30-12-14-32-15-13-30/h4,7-8,11,16-17H,5-6,9-10,12-15H2,1-3H3,(H,25,26,27). The molecule has 3 aromatic rings. The molecule has 170 valence electrons. The van der Waals surface area contributed by atoms with Crippen molar-refractivity contribution in [3.63, 3.8) is 0 Å². The van der Waals surface area contributed by atoms with Gasteiger partial charge < -0.3 is 19.9 Å². The highest BCUT2D eigenvalue weighted by Crippen LogP contribution is 2.28. The summed E-state index contributed by atoms with van der Waals surface area (Å²) in [7, 11) is 0. The smallest absolute Gasteiger partial charge is 0.227 e. The SMILES string of the molecule is CC(C)(C)c1cc2c(N3CCC(Nc4ccnc(N5CCOCC5)n4)CC3)nccn2n1. The number of morpholine rings is 1. The Bertz CT molecular complexity index is 1060. The van der Waals surface area contributed by atoms with Gasteiger partial charge >= 0.3 is 0 Å². The van der Waals surface area contributed by atoms with Crippen LogP contribution in [0.3, 0.4) is 0 Å². The number of hydrogen-bond donors (Lipinski definition) is 1.